The van der Waals surface area contributed by atoms with Gasteiger partial charge < -0.3 is 10.1 Å². The summed E-state index contributed by atoms with van der Waals surface area (Å²) in [6, 6.07) is 7.72. The highest BCUT2D eigenvalue weighted by molar-refractivity contribution is 5.45. The van der Waals surface area contributed by atoms with E-state index < -0.39 is 0 Å². The highest BCUT2D eigenvalue weighted by atomic mass is 16.5. The number of fused-ring (bicyclic) bond motifs is 1. The van der Waals surface area contributed by atoms with Gasteiger partial charge in [-0.15, -0.1) is 15.3 Å². The van der Waals surface area contributed by atoms with Crippen LogP contribution in [0.15, 0.2) is 30.5 Å². The molecule has 0 saturated heterocycles. The first kappa shape index (κ1) is 17.1. The molecule has 132 valence electrons. The van der Waals surface area contributed by atoms with E-state index in [0.29, 0.717) is 19.0 Å². The maximum absolute atomic E-state index is 5.70. The highest BCUT2D eigenvalue weighted by Crippen LogP contribution is 2.21. The molecular formula is C18H24N6O. The molecule has 1 N–H and O–H groups in total. The van der Waals surface area contributed by atoms with Crippen LogP contribution in [0, 0.1) is 0 Å². The number of aromatic nitrogens is 5. The minimum atomic E-state index is -0.129. The summed E-state index contributed by atoms with van der Waals surface area (Å²) >= 11 is 0. The maximum Gasteiger partial charge on any atom is 0.218 e. The molecule has 0 spiro atoms. The number of nitrogens with one attached hydrogen (secondary N) is 1. The molecule has 0 amide bonds. The first-order valence-electron chi connectivity index (χ1n) is 8.52. The zero-order valence-electron chi connectivity index (χ0n) is 15.2. The van der Waals surface area contributed by atoms with Crippen LogP contribution in [0.4, 0.5) is 5.82 Å². The van der Waals surface area contributed by atoms with Gasteiger partial charge in [0.2, 0.25) is 5.88 Å². The fraction of sp³-hybridized carbons (Fsp3) is 0.444. The van der Waals surface area contributed by atoms with E-state index in [2.05, 4.69) is 53.3 Å². The summed E-state index contributed by atoms with van der Waals surface area (Å²) < 4.78 is 7.49. The van der Waals surface area contributed by atoms with Crippen molar-refractivity contribution in [1.29, 1.82) is 0 Å². The van der Waals surface area contributed by atoms with Crippen LogP contribution >= 0.6 is 0 Å². The van der Waals surface area contributed by atoms with E-state index in [-0.39, 0.29) is 5.41 Å². The van der Waals surface area contributed by atoms with E-state index in [0.717, 1.165) is 29.3 Å². The first-order chi connectivity index (χ1) is 12.0. The molecule has 25 heavy (non-hydrogen) atoms. The minimum absolute atomic E-state index is 0.129. The number of nitrogens with zero attached hydrogens (tertiary/aromatic N) is 5. The van der Waals surface area contributed by atoms with Crippen molar-refractivity contribution < 1.29 is 4.74 Å². The maximum atomic E-state index is 5.70. The molecule has 3 aromatic heterocycles. The summed E-state index contributed by atoms with van der Waals surface area (Å²) in [6.07, 6.45) is 2.69. The highest BCUT2D eigenvalue weighted by Gasteiger charge is 2.21. The van der Waals surface area contributed by atoms with Gasteiger partial charge in [-0.1, -0.05) is 33.8 Å². The Kier molecular flexibility index (Phi) is 4.83. The summed E-state index contributed by atoms with van der Waals surface area (Å²) in [5, 5.41) is 16.4. The standard InChI is InChI=1S/C18H24N6O/c1-5-11-25-16-13(7-6-10-19-16)12-20-14-8-9-15-21-22-17(18(2,3)4)24(15)23-14/h6-10H,5,11-12H2,1-4H3,(H,20,23). The van der Waals surface area contributed by atoms with Crippen molar-refractivity contribution in [2.45, 2.75) is 46.1 Å². The molecule has 0 aliphatic heterocycles. The third-order valence-corrected chi connectivity index (χ3v) is 3.69. The number of pyridine rings is 1. The SMILES string of the molecule is CCCOc1ncccc1CNc1ccc2nnc(C(C)(C)C)n2n1. The molecule has 7 nitrogen and oxygen atoms in total. The molecule has 3 heterocycles. The predicted octanol–water partition coefficient (Wildman–Crippen LogP) is 3.22. The molecule has 3 rings (SSSR count). The molecule has 0 aliphatic rings. The molecule has 0 unspecified atom stereocenters. The average Bonchev–Trinajstić information content (AvgIpc) is 3.02. The van der Waals surface area contributed by atoms with Gasteiger partial charge in [0.1, 0.15) is 5.82 Å². The zero-order chi connectivity index (χ0) is 17.9. The van der Waals surface area contributed by atoms with E-state index in [9.17, 15) is 0 Å². The summed E-state index contributed by atoms with van der Waals surface area (Å²) in [5.74, 6) is 2.25. The third-order valence-electron chi connectivity index (χ3n) is 3.69. The van der Waals surface area contributed by atoms with Gasteiger partial charge >= 0.3 is 0 Å². The number of hydrogen-bond donors (Lipinski definition) is 1. The van der Waals surface area contributed by atoms with E-state index in [4.69, 9.17) is 4.74 Å². The molecule has 0 saturated carbocycles. The van der Waals surface area contributed by atoms with Gasteiger partial charge in [-0.2, -0.15) is 4.52 Å². The Balaban J connectivity index is 1.80. The van der Waals surface area contributed by atoms with Crippen molar-refractivity contribution >= 4 is 11.5 Å². The van der Waals surface area contributed by atoms with Gasteiger partial charge in [-0.25, -0.2) is 4.98 Å². The van der Waals surface area contributed by atoms with Crippen molar-refractivity contribution in [1.82, 2.24) is 24.8 Å². The second-order valence-corrected chi connectivity index (χ2v) is 6.93. The summed E-state index contributed by atoms with van der Waals surface area (Å²) in [4.78, 5) is 4.31. The second-order valence-electron chi connectivity index (χ2n) is 6.93. The van der Waals surface area contributed by atoms with E-state index in [1.54, 1.807) is 10.7 Å². The number of hydrogen-bond acceptors (Lipinski definition) is 6. The van der Waals surface area contributed by atoms with E-state index in [1.165, 1.54) is 0 Å². The fourth-order valence-electron chi connectivity index (χ4n) is 2.42. The van der Waals surface area contributed by atoms with Gasteiger partial charge in [-0.3, -0.25) is 0 Å². The lowest BCUT2D eigenvalue weighted by atomic mass is 9.96. The molecule has 0 bridgehead atoms. The van der Waals surface area contributed by atoms with Crippen LogP contribution < -0.4 is 10.1 Å². The topological polar surface area (TPSA) is 77.2 Å². The normalized spacial score (nSPS) is 11.7. The molecule has 0 atom stereocenters. The molecule has 0 radical (unpaired) electrons. The largest absolute Gasteiger partial charge is 0.477 e. The monoisotopic (exact) mass is 340 g/mol. The molecule has 0 fully saturated rings. The molecule has 3 aromatic rings. The Hall–Kier alpha value is -2.70. The van der Waals surface area contributed by atoms with Gasteiger partial charge in [-0.05, 0) is 24.6 Å². The lowest BCUT2D eigenvalue weighted by Crippen LogP contribution is -2.17. The Labute approximate surface area is 147 Å². The number of rotatable bonds is 6. The van der Waals surface area contributed by atoms with Crippen molar-refractivity contribution in [3.63, 3.8) is 0 Å². The van der Waals surface area contributed by atoms with Crippen LogP contribution in [0.3, 0.4) is 0 Å². The molecule has 0 aromatic carbocycles. The number of anilines is 1. The minimum Gasteiger partial charge on any atom is -0.477 e. The third kappa shape index (κ3) is 3.87. The fourth-order valence-corrected chi connectivity index (χ4v) is 2.42. The average molecular weight is 340 g/mol. The van der Waals surface area contributed by atoms with Crippen molar-refractivity contribution in [2.75, 3.05) is 11.9 Å². The van der Waals surface area contributed by atoms with Gasteiger partial charge in [0.15, 0.2) is 11.5 Å². The van der Waals surface area contributed by atoms with Crippen molar-refractivity contribution in [3.8, 4) is 5.88 Å². The quantitative estimate of drug-likeness (QED) is 0.742. The van der Waals surface area contributed by atoms with Crippen LogP contribution in [0.25, 0.3) is 5.65 Å². The lowest BCUT2D eigenvalue weighted by molar-refractivity contribution is 0.302. The van der Waals surface area contributed by atoms with Gasteiger partial charge in [0.05, 0.1) is 6.61 Å². The number of ether oxygens (including phenoxy) is 1. The van der Waals surface area contributed by atoms with Crippen molar-refractivity contribution in [3.05, 3.63) is 41.9 Å². The second kappa shape index (κ2) is 7.04. The van der Waals surface area contributed by atoms with Crippen molar-refractivity contribution in [2.24, 2.45) is 0 Å². The smallest absolute Gasteiger partial charge is 0.218 e. The Morgan fingerprint density at radius 3 is 2.76 bits per heavy atom. The Morgan fingerprint density at radius 2 is 2.00 bits per heavy atom. The molecule has 0 aliphatic carbocycles. The summed E-state index contributed by atoms with van der Waals surface area (Å²) in [7, 11) is 0. The zero-order valence-corrected chi connectivity index (χ0v) is 15.2. The summed E-state index contributed by atoms with van der Waals surface area (Å²) in [5.41, 5.74) is 1.61. The van der Waals surface area contributed by atoms with Crippen LogP contribution in [0.5, 0.6) is 5.88 Å². The lowest BCUT2D eigenvalue weighted by Gasteiger charge is -2.15. The van der Waals surface area contributed by atoms with Crippen LogP contribution in [-0.2, 0) is 12.0 Å². The molecular weight excluding hydrogens is 316 g/mol. The van der Waals surface area contributed by atoms with Crippen LogP contribution in [0.1, 0.15) is 45.5 Å². The van der Waals surface area contributed by atoms with Crippen LogP contribution in [-0.4, -0.2) is 31.4 Å². The van der Waals surface area contributed by atoms with Gasteiger partial charge in [0.25, 0.3) is 0 Å². The predicted molar refractivity (Wildman–Crippen MR) is 96.8 cm³/mol. The summed E-state index contributed by atoms with van der Waals surface area (Å²) in [6.45, 7) is 9.60. The van der Waals surface area contributed by atoms with E-state index >= 15 is 0 Å². The van der Waals surface area contributed by atoms with Gasteiger partial charge in [0, 0.05) is 23.7 Å². The first-order valence-corrected chi connectivity index (χ1v) is 8.52. The Morgan fingerprint density at radius 1 is 1.16 bits per heavy atom. The van der Waals surface area contributed by atoms with E-state index in [1.807, 2.05) is 24.3 Å². The Bertz CT molecular complexity index is 852. The molecule has 7 heteroatoms. The van der Waals surface area contributed by atoms with Crippen LogP contribution in [0.2, 0.25) is 0 Å².